The summed E-state index contributed by atoms with van der Waals surface area (Å²) >= 11 is 1.76. The molecular weight excluding hydrogens is 260 g/mol. The Hall–Kier alpha value is -0.980. The number of aromatic nitrogens is 1. The third-order valence-electron chi connectivity index (χ3n) is 3.86. The Balaban J connectivity index is 1.47. The first-order valence-corrected chi connectivity index (χ1v) is 7.67. The maximum absolute atomic E-state index is 12.1. The molecule has 3 heterocycles. The lowest BCUT2D eigenvalue weighted by atomic mass is 10.0. The van der Waals surface area contributed by atoms with Crippen LogP contribution in [-0.4, -0.2) is 60.0 Å². The molecule has 2 aliphatic heterocycles. The second kappa shape index (κ2) is 5.56. The van der Waals surface area contributed by atoms with Crippen molar-refractivity contribution in [3.05, 3.63) is 16.1 Å². The molecule has 2 aliphatic rings. The van der Waals surface area contributed by atoms with Gasteiger partial charge in [0.25, 0.3) is 0 Å². The molecule has 0 unspecified atom stereocenters. The summed E-state index contributed by atoms with van der Waals surface area (Å²) in [4.78, 5) is 22.2. The molecule has 5 nitrogen and oxygen atoms in total. The maximum atomic E-state index is 12.1. The molecule has 0 atom stereocenters. The van der Waals surface area contributed by atoms with Gasteiger partial charge >= 0.3 is 0 Å². The van der Waals surface area contributed by atoms with Crippen LogP contribution in [-0.2, 0) is 11.3 Å². The van der Waals surface area contributed by atoms with E-state index in [1.54, 1.807) is 11.3 Å². The standard InChI is InChI=1S/C13H20N4OS/c1-10-15-8-12(19-10)9-16-2-4-17(5-3-16)13(18)11-6-14-7-11/h8,11,14H,2-7,9H2,1H3. The lowest BCUT2D eigenvalue weighted by Crippen LogP contribution is -2.56. The van der Waals surface area contributed by atoms with Crippen molar-refractivity contribution in [2.45, 2.75) is 13.5 Å². The number of amides is 1. The molecule has 0 saturated carbocycles. The summed E-state index contributed by atoms with van der Waals surface area (Å²) in [5.74, 6) is 0.572. The molecule has 1 aromatic rings. The number of carbonyl (C=O) groups is 1. The van der Waals surface area contributed by atoms with Crippen LogP contribution in [0.2, 0.25) is 0 Å². The normalized spacial score (nSPS) is 21.4. The first-order chi connectivity index (χ1) is 9.22. The van der Waals surface area contributed by atoms with Crippen LogP contribution in [0.1, 0.15) is 9.88 Å². The molecule has 2 fully saturated rings. The first-order valence-electron chi connectivity index (χ1n) is 6.85. The van der Waals surface area contributed by atoms with Crippen molar-refractivity contribution in [2.75, 3.05) is 39.3 Å². The Morgan fingerprint density at radius 3 is 2.68 bits per heavy atom. The maximum Gasteiger partial charge on any atom is 0.228 e. The summed E-state index contributed by atoms with van der Waals surface area (Å²) < 4.78 is 0. The van der Waals surface area contributed by atoms with E-state index in [4.69, 9.17) is 0 Å². The fourth-order valence-corrected chi connectivity index (χ4v) is 3.38. The molecule has 0 aromatic carbocycles. The molecule has 6 heteroatoms. The summed E-state index contributed by atoms with van der Waals surface area (Å²) in [6.07, 6.45) is 1.97. The van der Waals surface area contributed by atoms with Gasteiger partial charge in [-0.3, -0.25) is 9.69 Å². The Morgan fingerprint density at radius 2 is 2.16 bits per heavy atom. The van der Waals surface area contributed by atoms with E-state index in [0.717, 1.165) is 50.8 Å². The van der Waals surface area contributed by atoms with E-state index in [0.29, 0.717) is 5.91 Å². The van der Waals surface area contributed by atoms with Crippen LogP contribution in [0.3, 0.4) is 0 Å². The molecule has 19 heavy (non-hydrogen) atoms. The van der Waals surface area contributed by atoms with E-state index in [-0.39, 0.29) is 5.92 Å². The highest BCUT2D eigenvalue weighted by molar-refractivity contribution is 7.11. The van der Waals surface area contributed by atoms with Crippen LogP contribution in [0.4, 0.5) is 0 Å². The van der Waals surface area contributed by atoms with Gasteiger partial charge in [0.05, 0.1) is 10.9 Å². The molecule has 0 spiro atoms. The number of carbonyl (C=O) groups excluding carboxylic acids is 1. The van der Waals surface area contributed by atoms with E-state index >= 15 is 0 Å². The van der Waals surface area contributed by atoms with Crippen LogP contribution in [0.25, 0.3) is 0 Å². The van der Waals surface area contributed by atoms with Crippen molar-refractivity contribution in [3.63, 3.8) is 0 Å². The SMILES string of the molecule is Cc1ncc(CN2CCN(C(=O)C3CNC3)CC2)s1. The summed E-state index contributed by atoms with van der Waals surface area (Å²) in [6.45, 7) is 8.42. The van der Waals surface area contributed by atoms with Gasteiger partial charge in [-0.05, 0) is 6.92 Å². The highest BCUT2D eigenvalue weighted by Gasteiger charge is 2.30. The number of nitrogens with zero attached hydrogens (tertiary/aromatic N) is 3. The van der Waals surface area contributed by atoms with Gasteiger partial charge in [0.1, 0.15) is 0 Å². The zero-order valence-electron chi connectivity index (χ0n) is 11.3. The predicted octanol–water partition coefficient (Wildman–Crippen LogP) is 0.315. The smallest absolute Gasteiger partial charge is 0.228 e. The van der Waals surface area contributed by atoms with Gasteiger partial charge < -0.3 is 10.2 Å². The summed E-state index contributed by atoms with van der Waals surface area (Å²) in [6, 6.07) is 0. The van der Waals surface area contributed by atoms with Gasteiger partial charge in [-0.25, -0.2) is 4.98 Å². The average Bonchev–Trinajstić information content (AvgIpc) is 2.73. The number of hydrogen-bond acceptors (Lipinski definition) is 5. The van der Waals surface area contributed by atoms with Crippen molar-refractivity contribution in [2.24, 2.45) is 5.92 Å². The fraction of sp³-hybridized carbons (Fsp3) is 0.692. The fourth-order valence-electron chi connectivity index (χ4n) is 2.55. The van der Waals surface area contributed by atoms with Crippen LogP contribution in [0, 0.1) is 12.8 Å². The van der Waals surface area contributed by atoms with Gasteiger partial charge in [-0.2, -0.15) is 0 Å². The quantitative estimate of drug-likeness (QED) is 0.866. The van der Waals surface area contributed by atoms with E-state index in [9.17, 15) is 4.79 Å². The number of thiazole rings is 1. The highest BCUT2D eigenvalue weighted by atomic mass is 32.1. The van der Waals surface area contributed by atoms with Crippen molar-refractivity contribution >= 4 is 17.2 Å². The van der Waals surface area contributed by atoms with Gasteiger partial charge in [0, 0.05) is 56.9 Å². The second-order valence-electron chi connectivity index (χ2n) is 5.30. The van der Waals surface area contributed by atoms with E-state index in [1.165, 1.54) is 4.88 Å². The number of nitrogens with one attached hydrogen (secondary N) is 1. The summed E-state index contributed by atoms with van der Waals surface area (Å²) in [5, 5.41) is 4.29. The van der Waals surface area contributed by atoms with E-state index in [1.807, 2.05) is 18.0 Å². The minimum Gasteiger partial charge on any atom is -0.340 e. The average molecular weight is 280 g/mol. The Labute approximate surface area is 117 Å². The van der Waals surface area contributed by atoms with Crippen molar-refractivity contribution < 1.29 is 4.79 Å². The minimum absolute atomic E-state index is 0.232. The molecule has 1 N–H and O–H groups in total. The van der Waals surface area contributed by atoms with Crippen LogP contribution in [0.5, 0.6) is 0 Å². The minimum atomic E-state index is 0.232. The Kier molecular flexibility index (Phi) is 3.81. The third-order valence-corrected chi connectivity index (χ3v) is 4.76. The summed E-state index contributed by atoms with van der Waals surface area (Å²) in [7, 11) is 0. The molecule has 0 bridgehead atoms. The van der Waals surface area contributed by atoms with E-state index in [2.05, 4.69) is 15.2 Å². The number of hydrogen-bond donors (Lipinski definition) is 1. The molecule has 3 rings (SSSR count). The third kappa shape index (κ3) is 2.96. The summed E-state index contributed by atoms with van der Waals surface area (Å²) in [5.41, 5.74) is 0. The number of piperazine rings is 1. The van der Waals surface area contributed by atoms with Gasteiger partial charge in [-0.1, -0.05) is 0 Å². The molecule has 1 aromatic heterocycles. The van der Waals surface area contributed by atoms with Crippen LogP contribution < -0.4 is 5.32 Å². The van der Waals surface area contributed by atoms with Gasteiger partial charge in [0.15, 0.2) is 0 Å². The Bertz CT molecular complexity index is 449. The Morgan fingerprint density at radius 1 is 1.42 bits per heavy atom. The highest BCUT2D eigenvalue weighted by Crippen LogP contribution is 2.16. The molecule has 0 aliphatic carbocycles. The topological polar surface area (TPSA) is 48.5 Å². The number of rotatable bonds is 3. The number of aryl methyl sites for hydroxylation is 1. The monoisotopic (exact) mass is 280 g/mol. The zero-order valence-corrected chi connectivity index (χ0v) is 12.1. The molecule has 1 amide bonds. The zero-order chi connectivity index (χ0) is 13.2. The first kappa shape index (κ1) is 13.0. The van der Waals surface area contributed by atoms with Gasteiger partial charge in [0.2, 0.25) is 5.91 Å². The molecule has 104 valence electrons. The van der Waals surface area contributed by atoms with Crippen LogP contribution in [0.15, 0.2) is 6.20 Å². The molecule has 0 radical (unpaired) electrons. The molecule has 2 saturated heterocycles. The van der Waals surface area contributed by atoms with E-state index < -0.39 is 0 Å². The van der Waals surface area contributed by atoms with Crippen LogP contribution >= 0.6 is 11.3 Å². The largest absolute Gasteiger partial charge is 0.340 e. The predicted molar refractivity (Wildman–Crippen MR) is 75.1 cm³/mol. The lowest BCUT2D eigenvalue weighted by molar-refractivity contribution is -0.138. The molecular formula is C13H20N4OS. The van der Waals surface area contributed by atoms with Crippen molar-refractivity contribution in [3.8, 4) is 0 Å². The lowest BCUT2D eigenvalue weighted by Gasteiger charge is -2.38. The van der Waals surface area contributed by atoms with Gasteiger partial charge in [-0.15, -0.1) is 11.3 Å². The second-order valence-corrected chi connectivity index (χ2v) is 6.62. The van der Waals surface area contributed by atoms with Crippen molar-refractivity contribution in [1.29, 1.82) is 0 Å². The van der Waals surface area contributed by atoms with Crippen molar-refractivity contribution in [1.82, 2.24) is 20.1 Å².